The molecule has 1 aromatic carbocycles. The molecule has 1 saturated heterocycles. The summed E-state index contributed by atoms with van der Waals surface area (Å²) in [5, 5.41) is 10.4. The highest BCUT2D eigenvalue weighted by atomic mass is 16.5. The first-order valence-corrected chi connectivity index (χ1v) is 10.6. The van der Waals surface area contributed by atoms with Gasteiger partial charge in [-0.2, -0.15) is 0 Å². The Morgan fingerprint density at radius 1 is 1.07 bits per heavy atom. The molecule has 0 aliphatic carbocycles. The Hall–Kier alpha value is -1.10. The summed E-state index contributed by atoms with van der Waals surface area (Å²) in [5.74, 6) is 0.911. The molecule has 0 radical (unpaired) electrons. The quantitative estimate of drug-likeness (QED) is 0.694. The van der Waals surface area contributed by atoms with Crippen molar-refractivity contribution in [3.63, 3.8) is 0 Å². The zero-order valence-electron chi connectivity index (χ0n) is 18.2. The summed E-state index contributed by atoms with van der Waals surface area (Å²) in [5.41, 5.74) is 2.79. The molecule has 4 heteroatoms. The Balaban J connectivity index is 2.12. The fourth-order valence-electron chi connectivity index (χ4n) is 3.44. The summed E-state index contributed by atoms with van der Waals surface area (Å²) in [6.07, 6.45) is 1.68. The second-order valence-corrected chi connectivity index (χ2v) is 9.22. The monoisotopic (exact) mass is 378 g/mol. The van der Waals surface area contributed by atoms with E-state index in [1.54, 1.807) is 0 Å². The van der Waals surface area contributed by atoms with Crippen molar-refractivity contribution in [3.8, 4) is 5.75 Å². The SMILES string of the molecule is CCC(C)(C)c1ccc(OCC(O)C[NH+]2CCOCC2)c(C(C)(C)CC)c1. The topological polar surface area (TPSA) is 43.1 Å². The van der Waals surface area contributed by atoms with E-state index < -0.39 is 6.10 Å². The largest absolute Gasteiger partial charge is 0.490 e. The second-order valence-electron chi connectivity index (χ2n) is 9.22. The van der Waals surface area contributed by atoms with E-state index in [1.807, 2.05) is 0 Å². The Morgan fingerprint density at radius 2 is 1.70 bits per heavy atom. The first-order valence-electron chi connectivity index (χ1n) is 10.6. The molecule has 1 fully saturated rings. The van der Waals surface area contributed by atoms with Gasteiger partial charge in [-0.15, -0.1) is 0 Å². The zero-order chi connectivity index (χ0) is 20.1. The van der Waals surface area contributed by atoms with Crippen LogP contribution in [0.3, 0.4) is 0 Å². The van der Waals surface area contributed by atoms with Crippen LogP contribution in [0.2, 0.25) is 0 Å². The van der Waals surface area contributed by atoms with E-state index >= 15 is 0 Å². The maximum absolute atomic E-state index is 10.4. The molecule has 1 heterocycles. The van der Waals surface area contributed by atoms with Gasteiger partial charge in [-0.25, -0.2) is 0 Å². The van der Waals surface area contributed by atoms with Crippen molar-refractivity contribution < 1.29 is 19.5 Å². The highest BCUT2D eigenvalue weighted by Crippen LogP contribution is 2.38. The third-order valence-electron chi connectivity index (χ3n) is 6.41. The van der Waals surface area contributed by atoms with E-state index in [0.29, 0.717) is 6.61 Å². The lowest BCUT2D eigenvalue weighted by atomic mass is 9.76. The van der Waals surface area contributed by atoms with Crippen LogP contribution in [-0.2, 0) is 15.6 Å². The average Bonchev–Trinajstić information content (AvgIpc) is 2.67. The number of ether oxygens (including phenoxy) is 2. The molecule has 2 rings (SSSR count). The molecule has 1 unspecified atom stereocenters. The van der Waals surface area contributed by atoms with E-state index in [4.69, 9.17) is 9.47 Å². The summed E-state index contributed by atoms with van der Waals surface area (Å²) in [4.78, 5) is 1.39. The van der Waals surface area contributed by atoms with Crippen LogP contribution in [0.25, 0.3) is 0 Å². The van der Waals surface area contributed by atoms with E-state index in [1.165, 1.54) is 16.0 Å². The van der Waals surface area contributed by atoms with Crippen molar-refractivity contribution >= 4 is 0 Å². The van der Waals surface area contributed by atoms with Crippen LogP contribution in [0.15, 0.2) is 18.2 Å². The predicted molar refractivity (Wildman–Crippen MR) is 111 cm³/mol. The number of nitrogens with one attached hydrogen (secondary N) is 1. The zero-order valence-corrected chi connectivity index (χ0v) is 18.2. The van der Waals surface area contributed by atoms with Gasteiger partial charge in [0.15, 0.2) is 0 Å². The van der Waals surface area contributed by atoms with Crippen LogP contribution in [0.4, 0.5) is 0 Å². The summed E-state index contributed by atoms with van der Waals surface area (Å²) in [6, 6.07) is 6.61. The van der Waals surface area contributed by atoms with Crippen molar-refractivity contribution in [2.75, 3.05) is 39.5 Å². The molecule has 0 aromatic heterocycles. The van der Waals surface area contributed by atoms with Gasteiger partial charge in [-0.3, -0.25) is 0 Å². The van der Waals surface area contributed by atoms with Crippen molar-refractivity contribution in [1.82, 2.24) is 0 Å². The molecular formula is C23H40NO3+. The van der Waals surface area contributed by atoms with Gasteiger partial charge in [0.2, 0.25) is 0 Å². The maximum Gasteiger partial charge on any atom is 0.137 e. The number of benzene rings is 1. The fourth-order valence-corrected chi connectivity index (χ4v) is 3.44. The van der Waals surface area contributed by atoms with Crippen LogP contribution >= 0.6 is 0 Å². The second kappa shape index (κ2) is 9.40. The standard InChI is InChI=1S/C23H39NO3/c1-7-22(3,4)18-9-10-21(20(15-18)23(5,6)8-2)27-17-19(25)16-24-11-13-26-14-12-24/h9-10,15,19,25H,7-8,11-14,16-17H2,1-6H3/p+1. The molecule has 1 aromatic rings. The van der Waals surface area contributed by atoms with Gasteiger partial charge in [-0.1, -0.05) is 53.7 Å². The fraction of sp³-hybridized carbons (Fsp3) is 0.739. The minimum Gasteiger partial charge on any atom is -0.490 e. The first kappa shape index (κ1) is 22.2. The van der Waals surface area contributed by atoms with Crippen molar-refractivity contribution in [2.45, 2.75) is 71.3 Å². The van der Waals surface area contributed by atoms with E-state index in [2.05, 4.69) is 59.7 Å². The van der Waals surface area contributed by atoms with Gasteiger partial charge in [-0.05, 0) is 35.3 Å². The number of aliphatic hydroxyl groups excluding tert-OH is 1. The van der Waals surface area contributed by atoms with Crippen molar-refractivity contribution in [3.05, 3.63) is 29.3 Å². The molecular weight excluding hydrogens is 338 g/mol. The third kappa shape index (κ3) is 5.94. The van der Waals surface area contributed by atoms with Crippen molar-refractivity contribution in [2.24, 2.45) is 0 Å². The van der Waals surface area contributed by atoms with Crippen LogP contribution in [-0.4, -0.2) is 50.7 Å². The molecule has 0 bridgehead atoms. The average molecular weight is 379 g/mol. The Bertz CT molecular complexity index is 591. The summed E-state index contributed by atoms with van der Waals surface area (Å²) in [6.45, 7) is 18.1. The van der Waals surface area contributed by atoms with Crippen LogP contribution in [0, 0.1) is 0 Å². The Kier molecular flexibility index (Phi) is 7.73. The Labute approximate surface area is 165 Å². The normalized spacial score (nSPS) is 17.7. The molecule has 0 spiro atoms. The van der Waals surface area contributed by atoms with Gasteiger partial charge in [0.05, 0.1) is 13.2 Å². The van der Waals surface area contributed by atoms with Crippen LogP contribution < -0.4 is 9.64 Å². The first-order chi connectivity index (χ1) is 12.7. The van der Waals surface area contributed by atoms with Gasteiger partial charge < -0.3 is 19.5 Å². The molecule has 0 saturated carbocycles. The van der Waals surface area contributed by atoms with Gasteiger partial charge in [0.25, 0.3) is 0 Å². The van der Waals surface area contributed by atoms with E-state index in [9.17, 15) is 5.11 Å². The third-order valence-corrected chi connectivity index (χ3v) is 6.41. The molecule has 1 atom stereocenters. The number of hydrogen-bond acceptors (Lipinski definition) is 3. The molecule has 2 N–H and O–H groups in total. The minimum atomic E-state index is -0.456. The molecule has 27 heavy (non-hydrogen) atoms. The smallest absolute Gasteiger partial charge is 0.137 e. The molecule has 1 aliphatic heterocycles. The van der Waals surface area contributed by atoms with E-state index in [0.717, 1.165) is 51.4 Å². The highest BCUT2D eigenvalue weighted by Gasteiger charge is 2.27. The van der Waals surface area contributed by atoms with E-state index in [-0.39, 0.29) is 10.8 Å². The highest BCUT2D eigenvalue weighted by molar-refractivity contribution is 5.44. The summed E-state index contributed by atoms with van der Waals surface area (Å²) in [7, 11) is 0. The molecule has 4 nitrogen and oxygen atoms in total. The van der Waals surface area contributed by atoms with Crippen LogP contribution in [0.5, 0.6) is 5.75 Å². The minimum absolute atomic E-state index is 0.0373. The number of aliphatic hydroxyl groups is 1. The lowest BCUT2D eigenvalue weighted by Gasteiger charge is -2.31. The number of quaternary nitrogens is 1. The van der Waals surface area contributed by atoms with Gasteiger partial charge >= 0.3 is 0 Å². The lowest BCUT2D eigenvalue weighted by Crippen LogP contribution is -3.15. The lowest BCUT2D eigenvalue weighted by molar-refractivity contribution is -0.911. The predicted octanol–water partition coefficient (Wildman–Crippen LogP) is 2.72. The van der Waals surface area contributed by atoms with Crippen LogP contribution in [0.1, 0.15) is 65.5 Å². The molecule has 154 valence electrons. The summed E-state index contributed by atoms with van der Waals surface area (Å²) < 4.78 is 11.5. The molecule has 0 amide bonds. The van der Waals surface area contributed by atoms with Gasteiger partial charge in [0.1, 0.15) is 38.1 Å². The summed E-state index contributed by atoms with van der Waals surface area (Å²) >= 11 is 0. The van der Waals surface area contributed by atoms with Gasteiger partial charge in [0, 0.05) is 5.56 Å². The van der Waals surface area contributed by atoms with Crippen molar-refractivity contribution in [1.29, 1.82) is 0 Å². The number of rotatable bonds is 9. The maximum atomic E-state index is 10.4. The number of morpholine rings is 1. The Morgan fingerprint density at radius 3 is 2.30 bits per heavy atom. The molecule has 1 aliphatic rings. The number of hydrogen-bond donors (Lipinski definition) is 2.